The van der Waals surface area contributed by atoms with Crippen molar-refractivity contribution in [1.29, 1.82) is 5.41 Å². The molecule has 7 nitrogen and oxygen atoms in total. The SMILES string of the molecule is CN(C)CCN(C)C(=O)C[NH2+]c1nnc(-c2ccccc2)c(Cl)c1C(=N)c1ccccc1. The number of likely N-dealkylation sites (N-methyl/N-ethyl adjacent to an activating group) is 2. The van der Waals surface area contributed by atoms with E-state index in [-0.39, 0.29) is 18.2 Å². The Labute approximate surface area is 193 Å². The molecule has 0 aliphatic heterocycles. The van der Waals surface area contributed by atoms with Crippen molar-refractivity contribution in [2.24, 2.45) is 0 Å². The summed E-state index contributed by atoms with van der Waals surface area (Å²) in [6.45, 7) is 1.56. The molecule has 0 fully saturated rings. The third kappa shape index (κ3) is 5.76. The van der Waals surface area contributed by atoms with Gasteiger partial charge in [-0.2, -0.15) is 0 Å². The van der Waals surface area contributed by atoms with E-state index in [1.165, 1.54) is 0 Å². The molecule has 3 aromatic rings. The van der Waals surface area contributed by atoms with E-state index in [1.807, 2.05) is 79.7 Å². The minimum absolute atomic E-state index is 0.0332. The van der Waals surface area contributed by atoms with Crippen LogP contribution in [0.3, 0.4) is 0 Å². The molecule has 0 radical (unpaired) electrons. The summed E-state index contributed by atoms with van der Waals surface area (Å²) in [6.07, 6.45) is 0. The van der Waals surface area contributed by atoms with E-state index in [0.29, 0.717) is 34.2 Å². The molecule has 1 heterocycles. The summed E-state index contributed by atoms with van der Waals surface area (Å²) in [4.78, 5) is 16.3. The zero-order valence-electron chi connectivity index (χ0n) is 18.5. The Kier molecular flexibility index (Phi) is 8.05. The molecule has 0 atom stereocenters. The average molecular weight is 452 g/mol. The Bertz CT molecular complexity index is 1070. The van der Waals surface area contributed by atoms with Crippen LogP contribution in [0.15, 0.2) is 60.7 Å². The predicted octanol–water partition coefficient (Wildman–Crippen LogP) is 2.43. The first-order valence-corrected chi connectivity index (χ1v) is 10.7. The maximum Gasteiger partial charge on any atom is 0.277 e. The zero-order valence-corrected chi connectivity index (χ0v) is 19.3. The first-order valence-electron chi connectivity index (χ1n) is 10.4. The van der Waals surface area contributed by atoms with E-state index in [0.717, 1.165) is 12.1 Å². The number of nitrogens with zero attached hydrogens (tertiary/aromatic N) is 4. The van der Waals surface area contributed by atoms with E-state index >= 15 is 0 Å². The number of carbonyl (C=O) groups is 1. The zero-order chi connectivity index (χ0) is 23.1. The van der Waals surface area contributed by atoms with Crippen molar-refractivity contribution in [1.82, 2.24) is 20.0 Å². The van der Waals surface area contributed by atoms with E-state index < -0.39 is 0 Å². The van der Waals surface area contributed by atoms with Gasteiger partial charge in [0.05, 0.1) is 10.7 Å². The summed E-state index contributed by atoms with van der Waals surface area (Å²) in [7, 11) is 5.72. The number of carbonyl (C=O) groups excluding carboxylic acids is 1. The lowest BCUT2D eigenvalue weighted by Gasteiger charge is -2.19. The first-order chi connectivity index (χ1) is 15.4. The van der Waals surface area contributed by atoms with Crippen molar-refractivity contribution in [2.45, 2.75) is 0 Å². The third-order valence-electron chi connectivity index (χ3n) is 5.08. The largest absolute Gasteiger partial charge is 0.340 e. The van der Waals surface area contributed by atoms with Gasteiger partial charge in [-0.05, 0) is 14.1 Å². The van der Waals surface area contributed by atoms with Crippen molar-refractivity contribution in [3.63, 3.8) is 0 Å². The second-order valence-corrected chi connectivity index (χ2v) is 8.13. The molecule has 0 unspecified atom stereocenters. The molecule has 0 aliphatic rings. The molecule has 8 heteroatoms. The molecule has 1 aromatic heterocycles. The first kappa shape index (κ1) is 23.5. The number of halogens is 1. The van der Waals surface area contributed by atoms with Gasteiger partial charge in [-0.3, -0.25) is 15.5 Å². The van der Waals surface area contributed by atoms with Crippen LogP contribution in [0.1, 0.15) is 11.1 Å². The van der Waals surface area contributed by atoms with Gasteiger partial charge in [0.1, 0.15) is 11.3 Å². The molecule has 0 saturated carbocycles. The van der Waals surface area contributed by atoms with E-state index in [4.69, 9.17) is 17.0 Å². The Morgan fingerprint density at radius 1 is 0.969 bits per heavy atom. The number of hydrogen-bond acceptors (Lipinski definition) is 5. The van der Waals surface area contributed by atoms with Crippen molar-refractivity contribution >= 4 is 29.0 Å². The second-order valence-electron chi connectivity index (χ2n) is 7.76. The topological polar surface area (TPSA) is 89.8 Å². The van der Waals surface area contributed by atoms with Crippen LogP contribution in [0.25, 0.3) is 11.3 Å². The van der Waals surface area contributed by atoms with Crippen LogP contribution in [0.4, 0.5) is 5.82 Å². The van der Waals surface area contributed by atoms with Gasteiger partial charge in [0.25, 0.3) is 11.7 Å². The normalized spacial score (nSPS) is 10.9. The van der Waals surface area contributed by atoms with E-state index in [9.17, 15) is 4.79 Å². The summed E-state index contributed by atoms with van der Waals surface area (Å²) in [5.74, 6) is 0.395. The molecular formula is C24H28ClN6O+. The highest BCUT2D eigenvalue weighted by atomic mass is 35.5. The fourth-order valence-electron chi connectivity index (χ4n) is 3.15. The molecule has 2 aromatic carbocycles. The number of rotatable bonds is 9. The molecule has 0 saturated heterocycles. The second kappa shape index (κ2) is 10.9. The lowest BCUT2D eigenvalue weighted by atomic mass is 10.0. The fraction of sp³-hybridized carbons (Fsp3) is 0.250. The maximum absolute atomic E-state index is 12.6. The quantitative estimate of drug-likeness (QED) is 0.489. The molecule has 1 amide bonds. The molecule has 0 aliphatic carbocycles. The van der Waals surface area contributed by atoms with Gasteiger partial charge in [-0.1, -0.05) is 77.4 Å². The van der Waals surface area contributed by atoms with E-state index in [1.54, 1.807) is 17.3 Å². The van der Waals surface area contributed by atoms with Crippen LogP contribution in [0, 0.1) is 5.41 Å². The summed E-state index contributed by atoms with van der Waals surface area (Å²) < 4.78 is 0. The van der Waals surface area contributed by atoms with Crippen molar-refractivity contribution in [2.75, 3.05) is 40.8 Å². The summed E-state index contributed by atoms with van der Waals surface area (Å²) in [5, 5.41) is 19.6. The molecular weight excluding hydrogens is 424 g/mol. The fourth-order valence-corrected chi connectivity index (χ4v) is 3.49. The van der Waals surface area contributed by atoms with Crippen LogP contribution >= 0.6 is 11.6 Å². The Morgan fingerprint density at radius 3 is 2.22 bits per heavy atom. The van der Waals surface area contributed by atoms with Crippen molar-refractivity contribution in [3.8, 4) is 11.3 Å². The van der Waals surface area contributed by atoms with Crippen LogP contribution in [-0.2, 0) is 4.79 Å². The number of aromatic nitrogens is 2. The Balaban J connectivity index is 1.92. The van der Waals surface area contributed by atoms with Gasteiger partial charge in [0, 0.05) is 31.3 Å². The average Bonchev–Trinajstić information content (AvgIpc) is 2.81. The lowest BCUT2D eigenvalue weighted by molar-refractivity contribution is -0.564. The van der Waals surface area contributed by atoms with Gasteiger partial charge in [0.2, 0.25) is 0 Å². The molecule has 0 spiro atoms. The Morgan fingerprint density at radius 2 is 1.59 bits per heavy atom. The third-order valence-corrected chi connectivity index (χ3v) is 5.45. The maximum atomic E-state index is 12.6. The van der Waals surface area contributed by atoms with Crippen LogP contribution in [-0.4, -0.2) is 72.4 Å². The molecule has 166 valence electrons. The van der Waals surface area contributed by atoms with Crippen LogP contribution in [0.2, 0.25) is 5.02 Å². The number of nitrogens with two attached hydrogens (primary N) is 1. The van der Waals surface area contributed by atoms with E-state index in [2.05, 4.69) is 10.2 Å². The van der Waals surface area contributed by atoms with Gasteiger partial charge < -0.3 is 9.80 Å². The summed E-state index contributed by atoms with van der Waals surface area (Å²) >= 11 is 6.79. The monoisotopic (exact) mass is 451 g/mol. The standard InChI is InChI=1S/C24H27ClN6O/c1-30(2)14-15-31(3)19(32)16-27-24-20(22(26)17-10-6-4-7-11-17)21(25)23(28-29-24)18-12-8-5-9-13-18/h4-13,26H,14-16H2,1-3H3,(H,27,29)/p+1. The number of hydrogen-bond donors (Lipinski definition) is 2. The van der Waals surface area contributed by atoms with Crippen molar-refractivity contribution in [3.05, 3.63) is 76.8 Å². The van der Waals surface area contributed by atoms with Gasteiger partial charge in [-0.15, -0.1) is 5.10 Å². The van der Waals surface area contributed by atoms with Crippen LogP contribution < -0.4 is 5.32 Å². The minimum atomic E-state index is -0.0332. The van der Waals surface area contributed by atoms with Gasteiger partial charge in [-0.25, -0.2) is 0 Å². The smallest absolute Gasteiger partial charge is 0.277 e. The highest BCUT2D eigenvalue weighted by molar-refractivity contribution is 6.38. The number of nitrogens with one attached hydrogen (secondary N) is 1. The van der Waals surface area contributed by atoms with Crippen LogP contribution in [0.5, 0.6) is 0 Å². The molecule has 3 N–H and O–H groups in total. The predicted molar refractivity (Wildman–Crippen MR) is 127 cm³/mol. The number of quaternary nitrogens is 1. The number of benzene rings is 2. The summed E-state index contributed by atoms with van der Waals surface area (Å²) in [6, 6.07) is 18.9. The highest BCUT2D eigenvalue weighted by Crippen LogP contribution is 2.31. The summed E-state index contributed by atoms with van der Waals surface area (Å²) in [5.41, 5.74) is 2.75. The van der Waals surface area contributed by atoms with Gasteiger partial charge in [0.15, 0.2) is 6.54 Å². The van der Waals surface area contributed by atoms with Crippen molar-refractivity contribution < 1.29 is 10.1 Å². The molecule has 3 rings (SSSR count). The number of amides is 1. The highest BCUT2D eigenvalue weighted by Gasteiger charge is 2.24. The minimum Gasteiger partial charge on any atom is -0.340 e. The lowest BCUT2D eigenvalue weighted by Crippen LogP contribution is -2.82. The van der Waals surface area contributed by atoms with Gasteiger partial charge >= 0.3 is 0 Å². The molecule has 0 bridgehead atoms. The Hall–Kier alpha value is -3.13. The molecule has 32 heavy (non-hydrogen) atoms.